The first-order valence-electron chi connectivity index (χ1n) is 9.24. The largest absolute Gasteiger partial charge is 0.294 e. The zero-order valence-electron chi connectivity index (χ0n) is 15.5. The number of nitrogens with one attached hydrogen (secondary N) is 2. The van der Waals surface area contributed by atoms with Gasteiger partial charge in [-0.3, -0.25) is 10.6 Å². The first-order chi connectivity index (χ1) is 13.8. The van der Waals surface area contributed by atoms with Crippen molar-refractivity contribution in [3.8, 4) is 12.1 Å². The van der Waals surface area contributed by atoms with Crippen LogP contribution in [0.3, 0.4) is 0 Å². The summed E-state index contributed by atoms with van der Waals surface area (Å²) in [5.41, 5.74) is 4.12. The smallest absolute Gasteiger partial charge is 0.121 e. The number of benzene rings is 3. The summed E-state index contributed by atoms with van der Waals surface area (Å²) in [6.45, 7) is 1.20. The van der Waals surface area contributed by atoms with Gasteiger partial charge in [-0.2, -0.15) is 10.5 Å². The molecule has 0 heterocycles. The molecular formula is C24H22N4. The van der Waals surface area contributed by atoms with Gasteiger partial charge in [0.15, 0.2) is 0 Å². The molecule has 0 spiro atoms. The fraction of sp³-hybridized carbons (Fsp3) is 0.167. The monoisotopic (exact) mass is 366 g/mol. The number of nitriles is 2. The molecular weight excluding hydrogens is 344 g/mol. The van der Waals surface area contributed by atoms with E-state index in [1.165, 1.54) is 0 Å². The Labute approximate surface area is 166 Å². The highest BCUT2D eigenvalue weighted by atomic mass is 14.9. The van der Waals surface area contributed by atoms with E-state index in [0.717, 1.165) is 22.3 Å². The molecule has 0 amide bonds. The Morgan fingerprint density at radius 3 is 1.43 bits per heavy atom. The Bertz CT molecular complexity index is 878. The molecule has 3 rings (SSSR count). The molecule has 0 radical (unpaired) electrons. The summed E-state index contributed by atoms with van der Waals surface area (Å²) in [5.74, 6) is 0. The van der Waals surface area contributed by atoms with Gasteiger partial charge in [-0.05, 0) is 22.3 Å². The lowest BCUT2D eigenvalue weighted by Crippen LogP contribution is -2.21. The van der Waals surface area contributed by atoms with E-state index in [4.69, 9.17) is 0 Å². The van der Waals surface area contributed by atoms with Crippen LogP contribution in [0.1, 0.15) is 34.3 Å². The van der Waals surface area contributed by atoms with Crippen molar-refractivity contribution in [2.24, 2.45) is 0 Å². The molecule has 0 unspecified atom stereocenters. The SMILES string of the molecule is N#C[C@H](NCc1cccc(CN[C@H](C#N)c2ccccc2)c1)c1ccccc1. The van der Waals surface area contributed by atoms with Gasteiger partial charge < -0.3 is 0 Å². The van der Waals surface area contributed by atoms with Crippen molar-refractivity contribution in [2.75, 3.05) is 0 Å². The number of rotatable bonds is 8. The summed E-state index contributed by atoms with van der Waals surface area (Å²) in [6, 6.07) is 31.5. The third-order valence-corrected chi connectivity index (χ3v) is 4.54. The normalized spacial score (nSPS) is 12.5. The minimum absolute atomic E-state index is 0.343. The zero-order valence-corrected chi connectivity index (χ0v) is 15.5. The number of nitrogens with zero attached hydrogens (tertiary/aromatic N) is 2. The summed E-state index contributed by atoms with van der Waals surface area (Å²) in [7, 11) is 0. The molecule has 0 saturated heterocycles. The zero-order chi connectivity index (χ0) is 19.6. The average Bonchev–Trinajstić information content (AvgIpc) is 2.76. The molecule has 0 saturated carbocycles. The Morgan fingerprint density at radius 2 is 1.04 bits per heavy atom. The van der Waals surface area contributed by atoms with Crippen molar-refractivity contribution in [1.29, 1.82) is 10.5 Å². The highest BCUT2D eigenvalue weighted by Gasteiger charge is 2.11. The van der Waals surface area contributed by atoms with Crippen molar-refractivity contribution in [3.05, 3.63) is 107 Å². The third-order valence-electron chi connectivity index (χ3n) is 4.54. The van der Waals surface area contributed by atoms with Gasteiger partial charge in [-0.1, -0.05) is 84.9 Å². The summed E-state index contributed by atoms with van der Waals surface area (Å²) < 4.78 is 0. The van der Waals surface area contributed by atoms with Gasteiger partial charge in [0.1, 0.15) is 12.1 Å². The second-order valence-corrected chi connectivity index (χ2v) is 6.53. The Hall–Kier alpha value is -3.44. The van der Waals surface area contributed by atoms with E-state index in [-0.39, 0.29) is 12.1 Å². The van der Waals surface area contributed by atoms with Crippen LogP contribution < -0.4 is 10.6 Å². The van der Waals surface area contributed by atoms with Crippen LogP contribution in [-0.4, -0.2) is 0 Å². The minimum atomic E-state index is -0.343. The third kappa shape index (κ3) is 5.28. The molecule has 0 aliphatic heterocycles. The van der Waals surface area contributed by atoms with Gasteiger partial charge >= 0.3 is 0 Å². The van der Waals surface area contributed by atoms with Crippen LogP contribution in [0.25, 0.3) is 0 Å². The quantitative estimate of drug-likeness (QED) is 0.620. The molecule has 0 aromatic heterocycles. The van der Waals surface area contributed by atoms with Crippen LogP contribution in [-0.2, 0) is 13.1 Å². The Kier molecular flexibility index (Phi) is 6.93. The fourth-order valence-electron chi connectivity index (χ4n) is 3.06. The topological polar surface area (TPSA) is 71.6 Å². The van der Waals surface area contributed by atoms with E-state index in [0.29, 0.717) is 13.1 Å². The van der Waals surface area contributed by atoms with Crippen molar-refractivity contribution in [1.82, 2.24) is 10.6 Å². The highest BCUT2D eigenvalue weighted by molar-refractivity contribution is 5.28. The van der Waals surface area contributed by atoms with Gasteiger partial charge in [-0.15, -0.1) is 0 Å². The maximum absolute atomic E-state index is 9.44. The van der Waals surface area contributed by atoms with Gasteiger partial charge in [0.25, 0.3) is 0 Å². The van der Waals surface area contributed by atoms with Crippen LogP contribution in [0, 0.1) is 22.7 Å². The van der Waals surface area contributed by atoms with Crippen LogP contribution in [0.15, 0.2) is 84.9 Å². The van der Waals surface area contributed by atoms with E-state index < -0.39 is 0 Å². The van der Waals surface area contributed by atoms with E-state index in [1.54, 1.807) is 0 Å². The number of hydrogen-bond acceptors (Lipinski definition) is 4. The van der Waals surface area contributed by atoms with Gasteiger partial charge in [0, 0.05) is 13.1 Å². The molecule has 3 aromatic rings. The summed E-state index contributed by atoms with van der Waals surface area (Å²) in [5, 5.41) is 25.5. The lowest BCUT2D eigenvalue weighted by molar-refractivity contribution is 0.621. The molecule has 2 N–H and O–H groups in total. The van der Waals surface area contributed by atoms with Crippen molar-refractivity contribution in [3.63, 3.8) is 0 Å². The van der Waals surface area contributed by atoms with E-state index in [9.17, 15) is 10.5 Å². The summed E-state index contributed by atoms with van der Waals surface area (Å²) in [4.78, 5) is 0. The van der Waals surface area contributed by atoms with Gasteiger partial charge in [-0.25, -0.2) is 0 Å². The van der Waals surface area contributed by atoms with E-state index in [2.05, 4.69) is 28.8 Å². The van der Waals surface area contributed by atoms with Gasteiger partial charge in [0.2, 0.25) is 0 Å². The van der Waals surface area contributed by atoms with E-state index in [1.807, 2.05) is 78.9 Å². The predicted octanol–water partition coefficient (Wildman–Crippen LogP) is 4.40. The molecule has 0 aliphatic rings. The first kappa shape index (κ1) is 19.3. The molecule has 0 fully saturated rings. The van der Waals surface area contributed by atoms with E-state index >= 15 is 0 Å². The minimum Gasteiger partial charge on any atom is -0.294 e. The van der Waals surface area contributed by atoms with Crippen LogP contribution in [0.4, 0.5) is 0 Å². The number of hydrogen-bond donors (Lipinski definition) is 2. The first-order valence-corrected chi connectivity index (χ1v) is 9.24. The molecule has 4 heteroatoms. The molecule has 0 aliphatic carbocycles. The van der Waals surface area contributed by atoms with Crippen LogP contribution in [0.2, 0.25) is 0 Å². The fourth-order valence-corrected chi connectivity index (χ4v) is 3.06. The highest BCUT2D eigenvalue weighted by Crippen LogP contribution is 2.15. The Balaban J connectivity index is 1.59. The predicted molar refractivity (Wildman–Crippen MR) is 110 cm³/mol. The Morgan fingerprint density at radius 1 is 0.607 bits per heavy atom. The molecule has 28 heavy (non-hydrogen) atoms. The van der Waals surface area contributed by atoms with Crippen LogP contribution in [0.5, 0.6) is 0 Å². The average molecular weight is 366 g/mol. The van der Waals surface area contributed by atoms with Crippen LogP contribution >= 0.6 is 0 Å². The molecule has 3 aromatic carbocycles. The van der Waals surface area contributed by atoms with Gasteiger partial charge in [0.05, 0.1) is 12.1 Å². The summed E-state index contributed by atoms with van der Waals surface area (Å²) >= 11 is 0. The second-order valence-electron chi connectivity index (χ2n) is 6.53. The standard InChI is InChI=1S/C24H22N4/c25-15-23(21-10-3-1-4-11-21)27-17-19-8-7-9-20(14-19)18-28-24(16-26)22-12-5-2-6-13-22/h1-14,23-24,27-28H,17-18H2/t23-,24+. The maximum Gasteiger partial charge on any atom is 0.121 e. The van der Waals surface area contributed by atoms with Crippen molar-refractivity contribution in [2.45, 2.75) is 25.2 Å². The molecule has 0 bridgehead atoms. The lowest BCUT2D eigenvalue weighted by Gasteiger charge is -2.14. The summed E-state index contributed by atoms with van der Waals surface area (Å²) in [6.07, 6.45) is 0. The molecule has 138 valence electrons. The molecule has 4 nitrogen and oxygen atoms in total. The molecule has 2 atom stereocenters. The maximum atomic E-state index is 9.44. The van der Waals surface area contributed by atoms with Crippen molar-refractivity contribution < 1.29 is 0 Å². The van der Waals surface area contributed by atoms with Crippen molar-refractivity contribution >= 4 is 0 Å². The lowest BCUT2D eigenvalue weighted by atomic mass is 10.1. The second kappa shape index (κ2) is 10.0.